The number of hydrogen-bond donors (Lipinski definition) is 1. The smallest absolute Gasteiger partial charge is 0.143 e. The number of aromatic nitrogens is 3. The van der Waals surface area contributed by atoms with Crippen LogP contribution in [0.3, 0.4) is 0 Å². The van der Waals surface area contributed by atoms with E-state index in [1.807, 2.05) is 25.6 Å². The van der Waals surface area contributed by atoms with Crippen molar-refractivity contribution < 1.29 is 0 Å². The van der Waals surface area contributed by atoms with E-state index in [1.165, 1.54) is 10.5 Å². The van der Waals surface area contributed by atoms with Crippen molar-refractivity contribution in [3.63, 3.8) is 0 Å². The van der Waals surface area contributed by atoms with Gasteiger partial charge in [0.1, 0.15) is 11.6 Å². The first-order valence-electron chi connectivity index (χ1n) is 6.36. The first-order valence-corrected chi connectivity index (χ1v) is 7.35. The number of rotatable bonds is 5. The first kappa shape index (κ1) is 14.1. The van der Waals surface area contributed by atoms with E-state index >= 15 is 0 Å². The van der Waals surface area contributed by atoms with Crippen LogP contribution in [0.2, 0.25) is 0 Å². The number of benzene rings is 1. The molecule has 4 nitrogen and oxygen atoms in total. The van der Waals surface area contributed by atoms with Crippen molar-refractivity contribution in [3.05, 3.63) is 41.5 Å². The van der Waals surface area contributed by atoms with Gasteiger partial charge in [0, 0.05) is 18.0 Å². The largest absolute Gasteiger partial charge is 0.318 e. The molecule has 5 heteroatoms. The molecule has 1 unspecified atom stereocenters. The lowest BCUT2D eigenvalue weighted by Gasteiger charge is -2.11. The van der Waals surface area contributed by atoms with Crippen LogP contribution in [0, 0.1) is 6.92 Å². The monoisotopic (exact) mass is 276 g/mol. The first-order chi connectivity index (χ1) is 9.11. The number of aryl methyl sites for hydroxylation is 1. The third kappa shape index (κ3) is 3.36. The molecule has 19 heavy (non-hydrogen) atoms. The van der Waals surface area contributed by atoms with Gasteiger partial charge >= 0.3 is 0 Å². The van der Waals surface area contributed by atoms with Crippen LogP contribution >= 0.6 is 11.8 Å². The molecule has 0 radical (unpaired) electrons. The Balaban J connectivity index is 2.05. The molecular weight excluding hydrogens is 256 g/mol. The van der Waals surface area contributed by atoms with Crippen molar-refractivity contribution in [3.8, 4) is 0 Å². The van der Waals surface area contributed by atoms with Crippen LogP contribution in [-0.2, 0) is 12.8 Å². The quantitative estimate of drug-likeness (QED) is 0.853. The molecule has 0 fully saturated rings. The Kier molecular flexibility index (Phi) is 4.61. The maximum atomic E-state index is 4.18. The summed E-state index contributed by atoms with van der Waals surface area (Å²) in [5.74, 6) is 2.80. The van der Waals surface area contributed by atoms with Gasteiger partial charge < -0.3 is 9.88 Å². The lowest BCUT2D eigenvalue weighted by atomic mass is 10.1. The summed E-state index contributed by atoms with van der Waals surface area (Å²) in [5, 5.41) is 11.5. The molecular formula is C14H20N4S. The van der Waals surface area contributed by atoms with E-state index in [2.05, 4.69) is 46.7 Å². The van der Waals surface area contributed by atoms with Crippen molar-refractivity contribution in [2.45, 2.75) is 30.5 Å². The van der Waals surface area contributed by atoms with Crippen LogP contribution in [0.5, 0.6) is 0 Å². The van der Waals surface area contributed by atoms with E-state index in [-0.39, 0.29) is 0 Å². The second-order valence-electron chi connectivity index (χ2n) is 4.59. The second-order valence-corrected chi connectivity index (χ2v) is 5.64. The fraction of sp³-hybridized carbons (Fsp3) is 0.429. The third-order valence-electron chi connectivity index (χ3n) is 3.34. The summed E-state index contributed by atoms with van der Waals surface area (Å²) in [6.07, 6.45) is 0. The topological polar surface area (TPSA) is 42.7 Å². The number of nitrogens with one attached hydrogen (secondary N) is 1. The number of thioether (sulfide) groups is 1. The highest BCUT2D eigenvalue weighted by Crippen LogP contribution is 2.25. The van der Waals surface area contributed by atoms with Gasteiger partial charge in [-0.05, 0) is 38.6 Å². The summed E-state index contributed by atoms with van der Waals surface area (Å²) in [6, 6.07) is 9.00. The summed E-state index contributed by atoms with van der Waals surface area (Å²) in [4.78, 5) is 1.26. The minimum Gasteiger partial charge on any atom is -0.318 e. The van der Waals surface area contributed by atoms with Gasteiger partial charge in [0.25, 0.3) is 0 Å². The fourth-order valence-corrected chi connectivity index (χ4v) is 2.71. The Hall–Kier alpha value is -1.33. The Morgan fingerprint density at radius 1 is 1.37 bits per heavy atom. The molecule has 1 atom stereocenters. The van der Waals surface area contributed by atoms with Crippen molar-refractivity contribution in [1.82, 2.24) is 20.1 Å². The van der Waals surface area contributed by atoms with E-state index in [0.29, 0.717) is 6.04 Å². The minimum absolute atomic E-state index is 0.373. The highest BCUT2D eigenvalue weighted by molar-refractivity contribution is 7.98. The van der Waals surface area contributed by atoms with Crippen LogP contribution in [-0.4, -0.2) is 21.8 Å². The Morgan fingerprint density at radius 3 is 2.79 bits per heavy atom. The zero-order valence-electron chi connectivity index (χ0n) is 11.8. The van der Waals surface area contributed by atoms with Gasteiger partial charge in [-0.2, -0.15) is 0 Å². The molecule has 1 N–H and O–H groups in total. The molecule has 0 spiro atoms. The molecule has 1 aromatic carbocycles. The standard InChI is InChI=1S/C14H20N4S/c1-10(15-3)12-6-5-7-13(8-12)19-9-14-17-16-11(2)18(14)4/h5-8,10,15H,9H2,1-4H3. The van der Waals surface area contributed by atoms with Gasteiger partial charge in [-0.1, -0.05) is 12.1 Å². The lowest BCUT2D eigenvalue weighted by molar-refractivity contribution is 0.651. The zero-order chi connectivity index (χ0) is 13.8. The molecule has 0 saturated heterocycles. The molecule has 0 bridgehead atoms. The summed E-state index contributed by atoms with van der Waals surface area (Å²) in [5.41, 5.74) is 1.31. The molecule has 0 amide bonds. The molecule has 0 aliphatic carbocycles. The number of hydrogen-bond acceptors (Lipinski definition) is 4. The van der Waals surface area contributed by atoms with E-state index in [1.54, 1.807) is 11.8 Å². The highest BCUT2D eigenvalue weighted by Gasteiger charge is 2.07. The molecule has 0 saturated carbocycles. The van der Waals surface area contributed by atoms with Gasteiger partial charge in [-0.15, -0.1) is 22.0 Å². The van der Waals surface area contributed by atoms with Crippen LogP contribution in [0.4, 0.5) is 0 Å². The lowest BCUT2D eigenvalue weighted by Crippen LogP contribution is -2.12. The van der Waals surface area contributed by atoms with Gasteiger partial charge in [0.2, 0.25) is 0 Å². The maximum absolute atomic E-state index is 4.18. The van der Waals surface area contributed by atoms with E-state index in [4.69, 9.17) is 0 Å². The normalized spacial score (nSPS) is 12.6. The van der Waals surface area contributed by atoms with Crippen molar-refractivity contribution in [2.24, 2.45) is 7.05 Å². The summed E-state index contributed by atoms with van der Waals surface area (Å²) in [7, 11) is 3.98. The molecule has 2 rings (SSSR count). The van der Waals surface area contributed by atoms with E-state index in [9.17, 15) is 0 Å². The Bertz CT molecular complexity index is 550. The third-order valence-corrected chi connectivity index (χ3v) is 4.33. The molecule has 1 heterocycles. The predicted octanol–water partition coefficient (Wildman–Crippen LogP) is 2.70. The van der Waals surface area contributed by atoms with Gasteiger partial charge in [0.05, 0.1) is 5.75 Å². The summed E-state index contributed by atoms with van der Waals surface area (Å²) in [6.45, 7) is 4.13. The van der Waals surface area contributed by atoms with Gasteiger partial charge in [0.15, 0.2) is 0 Å². The van der Waals surface area contributed by atoms with Crippen LogP contribution in [0.25, 0.3) is 0 Å². The Labute approximate surface area is 118 Å². The van der Waals surface area contributed by atoms with Gasteiger partial charge in [-0.25, -0.2) is 0 Å². The van der Waals surface area contributed by atoms with Gasteiger partial charge in [-0.3, -0.25) is 0 Å². The van der Waals surface area contributed by atoms with Crippen molar-refractivity contribution in [1.29, 1.82) is 0 Å². The second kappa shape index (κ2) is 6.21. The Morgan fingerprint density at radius 2 is 2.16 bits per heavy atom. The van der Waals surface area contributed by atoms with Crippen molar-refractivity contribution >= 4 is 11.8 Å². The van der Waals surface area contributed by atoms with E-state index < -0.39 is 0 Å². The number of nitrogens with zero attached hydrogens (tertiary/aromatic N) is 3. The van der Waals surface area contributed by atoms with Crippen LogP contribution < -0.4 is 5.32 Å². The fourth-order valence-electron chi connectivity index (χ4n) is 1.76. The average Bonchev–Trinajstić information content (AvgIpc) is 2.76. The molecule has 2 aromatic rings. The molecule has 0 aliphatic rings. The minimum atomic E-state index is 0.373. The molecule has 102 valence electrons. The van der Waals surface area contributed by atoms with Crippen molar-refractivity contribution in [2.75, 3.05) is 7.05 Å². The van der Waals surface area contributed by atoms with Crippen LogP contribution in [0.15, 0.2) is 29.2 Å². The highest BCUT2D eigenvalue weighted by atomic mass is 32.2. The summed E-state index contributed by atoms with van der Waals surface area (Å²) >= 11 is 1.79. The maximum Gasteiger partial charge on any atom is 0.143 e. The predicted molar refractivity (Wildman–Crippen MR) is 79.2 cm³/mol. The zero-order valence-corrected chi connectivity index (χ0v) is 12.7. The summed E-state index contributed by atoms with van der Waals surface area (Å²) < 4.78 is 2.03. The molecule has 0 aliphatic heterocycles. The van der Waals surface area contributed by atoms with E-state index in [0.717, 1.165) is 17.4 Å². The SMILES string of the molecule is CNC(C)c1cccc(SCc2nnc(C)n2C)c1. The molecule has 1 aromatic heterocycles. The average molecular weight is 276 g/mol. The van der Waals surface area contributed by atoms with Crippen LogP contribution in [0.1, 0.15) is 30.2 Å².